The third kappa shape index (κ3) is 3.17. The zero-order valence-corrected chi connectivity index (χ0v) is 14.3. The molecular formula is C20H15N3O3. The van der Waals surface area contributed by atoms with Gasteiger partial charge in [-0.25, -0.2) is 9.78 Å². The van der Waals surface area contributed by atoms with Crippen molar-refractivity contribution >= 4 is 11.0 Å². The van der Waals surface area contributed by atoms with Gasteiger partial charge < -0.3 is 9.15 Å². The summed E-state index contributed by atoms with van der Waals surface area (Å²) in [7, 11) is 0. The van der Waals surface area contributed by atoms with Gasteiger partial charge in [-0.15, -0.1) is 0 Å². The van der Waals surface area contributed by atoms with Gasteiger partial charge in [0.15, 0.2) is 5.82 Å². The van der Waals surface area contributed by atoms with E-state index >= 15 is 0 Å². The number of pyridine rings is 1. The van der Waals surface area contributed by atoms with Crippen LogP contribution in [0.3, 0.4) is 0 Å². The number of hydrogen-bond donors (Lipinski definition) is 0. The second-order valence-electron chi connectivity index (χ2n) is 5.92. The van der Waals surface area contributed by atoms with Crippen LogP contribution < -0.4 is 10.4 Å². The highest BCUT2D eigenvalue weighted by molar-refractivity contribution is 5.81. The van der Waals surface area contributed by atoms with Crippen LogP contribution in [0.2, 0.25) is 0 Å². The van der Waals surface area contributed by atoms with Crippen LogP contribution in [-0.2, 0) is 0 Å². The summed E-state index contributed by atoms with van der Waals surface area (Å²) < 4.78 is 11.1. The molecule has 0 N–H and O–H groups in total. The standard InChI is InChI=1S/C20H15N3O3/c1-12-9-19(24)26-17-11-15(3-4-16(12)17)25-18-10-13(2)22-20(23-18)14-5-7-21-8-6-14/h3-11H,1-2H3. The lowest BCUT2D eigenvalue weighted by Crippen LogP contribution is -1.98. The Morgan fingerprint density at radius 1 is 0.962 bits per heavy atom. The first-order chi connectivity index (χ1) is 12.6. The van der Waals surface area contributed by atoms with E-state index in [1.807, 2.05) is 38.1 Å². The highest BCUT2D eigenvalue weighted by Gasteiger charge is 2.09. The summed E-state index contributed by atoms with van der Waals surface area (Å²) in [5.41, 5.74) is 2.59. The molecule has 0 amide bonds. The van der Waals surface area contributed by atoms with E-state index in [-0.39, 0.29) is 5.63 Å². The molecule has 0 saturated heterocycles. The zero-order chi connectivity index (χ0) is 18.1. The number of aryl methyl sites for hydroxylation is 2. The molecule has 4 aromatic rings. The number of aromatic nitrogens is 3. The summed E-state index contributed by atoms with van der Waals surface area (Å²) in [6, 6.07) is 12.3. The minimum absolute atomic E-state index is 0.384. The average molecular weight is 345 g/mol. The highest BCUT2D eigenvalue weighted by atomic mass is 16.5. The van der Waals surface area contributed by atoms with Gasteiger partial charge in [0, 0.05) is 47.2 Å². The van der Waals surface area contributed by atoms with E-state index in [1.54, 1.807) is 24.5 Å². The van der Waals surface area contributed by atoms with Crippen molar-refractivity contribution in [2.24, 2.45) is 0 Å². The van der Waals surface area contributed by atoms with Crippen LogP contribution >= 0.6 is 0 Å². The van der Waals surface area contributed by atoms with Crippen LogP contribution in [-0.4, -0.2) is 15.0 Å². The maximum Gasteiger partial charge on any atom is 0.336 e. The molecule has 0 aliphatic heterocycles. The number of ether oxygens (including phenoxy) is 1. The van der Waals surface area contributed by atoms with E-state index < -0.39 is 0 Å². The van der Waals surface area contributed by atoms with Gasteiger partial charge in [-0.05, 0) is 43.7 Å². The van der Waals surface area contributed by atoms with E-state index in [2.05, 4.69) is 15.0 Å². The summed E-state index contributed by atoms with van der Waals surface area (Å²) in [6.07, 6.45) is 3.38. The van der Waals surface area contributed by atoms with Crippen molar-refractivity contribution in [1.82, 2.24) is 15.0 Å². The molecule has 6 heteroatoms. The lowest BCUT2D eigenvalue weighted by molar-refractivity contribution is 0.460. The third-order valence-electron chi connectivity index (χ3n) is 3.91. The first-order valence-electron chi connectivity index (χ1n) is 8.07. The molecule has 0 unspecified atom stereocenters. The molecule has 0 aliphatic carbocycles. The van der Waals surface area contributed by atoms with Crippen molar-refractivity contribution in [3.63, 3.8) is 0 Å². The summed E-state index contributed by atoms with van der Waals surface area (Å²) in [4.78, 5) is 24.5. The quantitative estimate of drug-likeness (QED) is 0.521. The van der Waals surface area contributed by atoms with Crippen molar-refractivity contribution < 1.29 is 9.15 Å². The molecule has 0 aliphatic rings. The van der Waals surface area contributed by atoms with Crippen LogP contribution in [0.15, 0.2) is 64.1 Å². The van der Waals surface area contributed by atoms with E-state index in [9.17, 15) is 4.79 Å². The van der Waals surface area contributed by atoms with Crippen LogP contribution in [0.5, 0.6) is 11.6 Å². The van der Waals surface area contributed by atoms with E-state index in [4.69, 9.17) is 9.15 Å². The molecule has 0 atom stereocenters. The molecular weight excluding hydrogens is 330 g/mol. The zero-order valence-electron chi connectivity index (χ0n) is 14.3. The second kappa shape index (κ2) is 6.40. The highest BCUT2D eigenvalue weighted by Crippen LogP contribution is 2.27. The van der Waals surface area contributed by atoms with Crippen molar-refractivity contribution in [2.45, 2.75) is 13.8 Å². The third-order valence-corrected chi connectivity index (χ3v) is 3.91. The van der Waals surface area contributed by atoms with Gasteiger partial charge in [-0.2, -0.15) is 4.98 Å². The molecule has 4 rings (SSSR count). The molecule has 6 nitrogen and oxygen atoms in total. The Bertz CT molecular complexity index is 1150. The van der Waals surface area contributed by atoms with E-state index in [1.165, 1.54) is 6.07 Å². The van der Waals surface area contributed by atoms with Crippen LogP contribution in [0, 0.1) is 13.8 Å². The van der Waals surface area contributed by atoms with Gasteiger partial charge >= 0.3 is 5.63 Å². The average Bonchev–Trinajstić information content (AvgIpc) is 2.61. The lowest BCUT2D eigenvalue weighted by atomic mass is 10.1. The summed E-state index contributed by atoms with van der Waals surface area (Å²) >= 11 is 0. The van der Waals surface area contributed by atoms with Gasteiger partial charge in [0.25, 0.3) is 0 Å². The maximum absolute atomic E-state index is 11.6. The van der Waals surface area contributed by atoms with E-state index in [0.29, 0.717) is 23.0 Å². The minimum atomic E-state index is -0.384. The summed E-state index contributed by atoms with van der Waals surface area (Å²) in [6.45, 7) is 3.75. The smallest absolute Gasteiger partial charge is 0.336 e. The van der Waals surface area contributed by atoms with Crippen molar-refractivity contribution in [2.75, 3.05) is 0 Å². The molecule has 3 heterocycles. The van der Waals surface area contributed by atoms with Crippen LogP contribution in [0.25, 0.3) is 22.4 Å². The normalized spacial score (nSPS) is 10.8. The second-order valence-corrected chi connectivity index (χ2v) is 5.92. The fourth-order valence-electron chi connectivity index (χ4n) is 2.71. The first kappa shape index (κ1) is 16.0. The fourth-order valence-corrected chi connectivity index (χ4v) is 2.71. The molecule has 0 fully saturated rings. The predicted octanol–water partition coefficient (Wildman–Crippen LogP) is 4.05. The van der Waals surface area contributed by atoms with Gasteiger partial charge in [0.2, 0.25) is 5.88 Å². The number of fused-ring (bicyclic) bond motifs is 1. The van der Waals surface area contributed by atoms with Crippen molar-refractivity contribution in [1.29, 1.82) is 0 Å². The number of hydrogen-bond acceptors (Lipinski definition) is 6. The van der Waals surface area contributed by atoms with Gasteiger partial charge in [-0.1, -0.05) is 0 Å². The largest absolute Gasteiger partial charge is 0.439 e. The van der Waals surface area contributed by atoms with Crippen molar-refractivity contribution in [3.05, 3.63) is 76.5 Å². The Morgan fingerprint density at radius 2 is 1.77 bits per heavy atom. The van der Waals surface area contributed by atoms with Gasteiger partial charge in [0.05, 0.1) is 0 Å². The fraction of sp³-hybridized carbons (Fsp3) is 0.100. The maximum atomic E-state index is 11.6. The molecule has 0 radical (unpaired) electrons. The molecule has 0 spiro atoms. The number of benzene rings is 1. The molecule has 26 heavy (non-hydrogen) atoms. The Balaban J connectivity index is 1.72. The van der Waals surface area contributed by atoms with E-state index in [0.717, 1.165) is 22.2 Å². The summed E-state index contributed by atoms with van der Waals surface area (Å²) in [5.74, 6) is 1.51. The van der Waals surface area contributed by atoms with Gasteiger partial charge in [0.1, 0.15) is 11.3 Å². The van der Waals surface area contributed by atoms with Gasteiger partial charge in [-0.3, -0.25) is 4.98 Å². The number of nitrogens with zero attached hydrogens (tertiary/aromatic N) is 3. The van der Waals surface area contributed by atoms with Crippen molar-refractivity contribution in [3.8, 4) is 23.0 Å². The molecule has 3 aromatic heterocycles. The molecule has 0 saturated carbocycles. The molecule has 1 aromatic carbocycles. The minimum Gasteiger partial charge on any atom is -0.439 e. The SMILES string of the molecule is Cc1cc(Oc2ccc3c(C)cc(=O)oc3c2)nc(-c2ccncc2)n1. The molecule has 0 bridgehead atoms. The Morgan fingerprint density at radius 3 is 2.58 bits per heavy atom. The Kier molecular flexibility index (Phi) is 3.93. The van der Waals surface area contributed by atoms with Crippen LogP contribution in [0.1, 0.15) is 11.3 Å². The van der Waals surface area contributed by atoms with Crippen LogP contribution in [0.4, 0.5) is 0 Å². The predicted molar refractivity (Wildman–Crippen MR) is 97.3 cm³/mol. The Labute approximate surface area is 149 Å². The first-order valence-corrected chi connectivity index (χ1v) is 8.07. The topological polar surface area (TPSA) is 78.1 Å². The lowest BCUT2D eigenvalue weighted by Gasteiger charge is -2.09. The number of rotatable bonds is 3. The Hall–Kier alpha value is -3.54. The summed E-state index contributed by atoms with van der Waals surface area (Å²) in [5, 5.41) is 0.869. The molecule has 128 valence electrons. The monoisotopic (exact) mass is 345 g/mol.